The highest BCUT2D eigenvalue weighted by atomic mass is 19.2. The van der Waals surface area contributed by atoms with Gasteiger partial charge in [0.15, 0.2) is 11.6 Å². The molecule has 2 aromatic heterocycles. The van der Waals surface area contributed by atoms with Gasteiger partial charge in [-0.25, -0.2) is 22.5 Å². The Morgan fingerprint density at radius 2 is 1.72 bits per heavy atom. The number of fused-ring (bicyclic) bond motifs is 1. The second kappa shape index (κ2) is 11.9. The fourth-order valence-corrected chi connectivity index (χ4v) is 4.80. The van der Waals surface area contributed by atoms with Gasteiger partial charge in [0.1, 0.15) is 18.3 Å². The number of aromatic nitrogens is 3. The van der Waals surface area contributed by atoms with E-state index >= 15 is 0 Å². The lowest BCUT2D eigenvalue weighted by Crippen LogP contribution is -2.54. The number of halogens is 4. The highest BCUT2D eigenvalue weighted by Crippen LogP contribution is 2.40. The maximum Gasteiger partial charge on any atom is 0.226 e. The molecule has 0 bridgehead atoms. The number of imidazole rings is 1. The zero-order chi connectivity index (χ0) is 29.2. The van der Waals surface area contributed by atoms with E-state index in [2.05, 4.69) is 9.55 Å². The number of amides is 1. The molecule has 1 atom stereocenters. The first-order valence-corrected chi connectivity index (χ1v) is 13.2. The Labute approximate surface area is 228 Å². The topological polar surface area (TPSA) is 51.0 Å². The Bertz CT molecular complexity index is 1290. The molecule has 1 unspecified atom stereocenters. The predicted octanol–water partition coefficient (Wildman–Crippen LogP) is 7.32. The third kappa shape index (κ3) is 6.17. The van der Waals surface area contributed by atoms with Crippen LogP contribution in [0.15, 0.2) is 30.5 Å². The van der Waals surface area contributed by atoms with E-state index in [1.54, 1.807) is 6.07 Å². The molecule has 1 aliphatic rings. The Morgan fingerprint density at radius 3 is 2.23 bits per heavy atom. The standard InChI is InChI=1S/C24H32F3N3O.C6H6FN/c1-13(2)15(5)22(31)30-9-8-29-21(14(3)4)20(28-23(29)24(30,6)7)16-10-17(12-25)19(27)18(26)11-16;1-5-2-3-6(7)4-8-5/h10-11,13-15H,8-9,12H2,1-7H3;2-4H,1H3. The number of carbonyl (C=O) groups excluding carboxylic acids is 1. The summed E-state index contributed by atoms with van der Waals surface area (Å²) in [4.78, 5) is 23.6. The van der Waals surface area contributed by atoms with Crippen LogP contribution in [0.3, 0.4) is 0 Å². The van der Waals surface area contributed by atoms with E-state index in [4.69, 9.17) is 4.98 Å². The number of rotatable bonds is 5. The van der Waals surface area contributed by atoms with Gasteiger partial charge in [-0.15, -0.1) is 0 Å². The van der Waals surface area contributed by atoms with E-state index in [0.717, 1.165) is 17.5 Å². The molecule has 9 heteroatoms. The molecule has 3 aromatic rings. The molecule has 1 aromatic carbocycles. The first kappa shape index (κ1) is 30.3. The number of hydrogen-bond acceptors (Lipinski definition) is 3. The zero-order valence-electron chi connectivity index (χ0n) is 23.9. The van der Waals surface area contributed by atoms with Crippen LogP contribution < -0.4 is 0 Å². The summed E-state index contributed by atoms with van der Waals surface area (Å²) in [7, 11) is 0. The fourth-order valence-electron chi connectivity index (χ4n) is 4.80. The highest BCUT2D eigenvalue weighted by Gasteiger charge is 2.43. The molecule has 5 nitrogen and oxygen atoms in total. The first-order chi connectivity index (χ1) is 18.2. The van der Waals surface area contributed by atoms with Crippen molar-refractivity contribution in [3.63, 3.8) is 0 Å². The fraction of sp³-hybridized carbons (Fsp3) is 0.500. The summed E-state index contributed by atoms with van der Waals surface area (Å²) >= 11 is 0. The van der Waals surface area contributed by atoms with Crippen LogP contribution in [0.4, 0.5) is 17.6 Å². The second-order valence-corrected chi connectivity index (χ2v) is 11.2. The minimum Gasteiger partial charge on any atom is -0.328 e. The van der Waals surface area contributed by atoms with Gasteiger partial charge in [-0.05, 0) is 56.9 Å². The van der Waals surface area contributed by atoms with Crippen molar-refractivity contribution in [3.05, 3.63) is 70.7 Å². The van der Waals surface area contributed by atoms with E-state index in [9.17, 15) is 22.4 Å². The predicted molar refractivity (Wildman–Crippen MR) is 144 cm³/mol. The summed E-state index contributed by atoms with van der Waals surface area (Å²) < 4.78 is 55.5. The van der Waals surface area contributed by atoms with Gasteiger partial charge in [0.2, 0.25) is 5.91 Å². The quantitative estimate of drug-likeness (QED) is 0.315. The summed E-state index contributed by atoms with van der Waals surface area (Å²) in [5.74, 6) is -1.62. The molecular formula is C30H38F4N4O. The zero-order valence-corrected chi connectivity index (χ0v) is 23.9. The molecule has 1 aliphatic heterocycles. The smallest absolute Gasteiger partial charge is 0.226 e. The largest absolute Gasteiger partial charge is 0.328 e. The van der Waals surface area contributed by atoms with Crippen molar-refractivity contribution in [2.75, 3.05) is 6.54 Å². The maximum absolute atomic E-state index is 14.2. The SMILES string of the molecule is CC(C)c1c(-c2cc(F)c(F)c(CF)c2)nc2n1CCN(C(=O)C(C)C(C)C)C2(C)C.Cc1ccc(F)cn1. The van der Waals surface area contributed by atoms with Crippen LogP contribution in [0.2, 0.25) is 0 Å². The molecule has 39 heavy (non-hydrogen) atoms. The van der Waals surface area contributed by atoms with E-state index in [-0.39, 0.29) is 35.0 Å². The number of alkyl halides is 1. The molecule has 3 heterocycles. The van der Waals surface area contributed by atoms with Crippen molar-refractivity contribution in [1.82, 2.24) is 19.4 Å². The third-order valence-electron chi connectivity index (χ3n) is 7.37. The molecule has 0 saturated carbocycles. The molecule has 0 N–H and O–H groups in total. The minimum absolute atomic E-state index is 0.0471. The van der Waals surface area contributed by atoms with E-state index in [1.807, 2.05) is 60.3 Å². The lowest BCUT2D eigenvalue weighted by molar-refractivity contribution is -0.144. The molecule has 0 radical (unpaired) electrons. The summed E-state index contributed by atoms with van der Waals surface area (Å²) in [6.45, 7) is 15.8. The van der Waals surface area contributed by atoms with Crippen LogP contribution in [0.1, 0.15) is 77.2 Å². The molecule has 0 saturated heterocycles. The van der Waals surface area contributed by atoms with Gasteiger partial charge in [-0.1, -0.05) is 34.6 Å². The van der Waals surface area contributed by atoms with E-state index < -0.39 is 23.8 Å². The number of hydrogen-bond donors (Lipinski definition) is 0. The molecule has 0 fully saturated rings. The van der Waals surface area contributed by atoms with Crippen molar-refractivity contribution in [2.45, 2.75) is 80.1 Å². The molecular weight excluding hydrogens is 508 g/mol. The van der Waals surface area contributed by atoms with Crippen molar-refractivity contribution >= 4 is 5.91 Å². The van der Waals surface area contributed by atoms with Gasteiger partial charge in [0.05, 0.1) is 17.4 Å². The van der Waals surface area contributed by atoms with Crippen LogP contribution in [0.5, 0.6) is 0 Å². The molecule has 0 spiro atoms. The second-order valence-electron chi connectivity index (χ2n) is 11.2. The van der Waals surface area contributed by atoms with Crippen LogP contribution in [-0.2, 0) is 23.6 Å². The summed E-state index contributed by atoms with van der Waals surface area (Å²) in [5.41, 5.74) is 1.58. The minimum atomic E-state index is -1.17. The van der Waals surface area contributed by atoms with Crippen LogP contribution in [0.25, 0.3) is 11.3 Å². The Hall–Kier alpha value is -3.23. The number of aryl methyl sites for hydroxylation is 1. The average Bonchev–Trinajstić information content (AvgIpc) is 3.28. The summed E-state index contributed by atoms with van der Waals surface area (Å²) in [5, 5.41) is 0. The normalized spacial score (nSPS) is 15.2. The third-order valence-corrected chi connectivity index (χ3v) is 7.37. The molecule has 212 valence electrons. The Kier molecular flexibility index (Phi) is 9.23. The molecule has 4 rings (SSSR count). The Balaban J connectivity index is 0.000000449. The highest BCUT2D eigenvalue weighted by molar-refractivity contribution is 5.80. The number of nitrogens with zero attached hydrogens (tertiary/aromatic N) is 4. The van der Waals surface area contributed by atoms with Crippen LogP contribution in [-0.4, -0.2) is 31.9 Å². The monoisotopic (exact) mass is 546 g/mol. The summed E-state index contributed by atoms with van der Waals surface area (Å²) in [6.07, 6.45) is 1.20. The maximum atomic E-state index is 14.2. The van der Waals surface area contributed by atoms with Crippen LogP contribution >= 0.6 is 0 Å². The van der Waals surface area contributed by atoms with Gasteiger partial charge >= 0.3 is 0 Å². The molecule has 0 aliphatic carbocycles. The van der Waals surface area contributed by atoms with Crippen molar-refractivity contribution < 1.29 is 22.4 Å². The number of benzene rings is 1. The number of carbonyl (C=O) groups is 1. The van der Waals surface area contributed by atoms with Gasteiger partial charge in [0.25, 0.3) is 0 Å². The van der Waals surface area contributed by atoms with Crippen molar-refractivity contribution in [2.24, 2.45) is 11.8 Å². The van der Waals surface area contributed by atoms with Crippen molar-refractivity contribution in [3.8, 4) is 11.3 Å². The van der Waals surface area contributed by atoms with Gasteiger partial charge in [0, 0.05) is 41.5 Å². The van der Waals surface area contributed by atoms with Crippen molar-refractivity contribution in [1.29, 1.82) is 0 Å². The average molecular weight is 547 g/mol. The van der Waals surface area contributed by atoms with Gasteiger partial charge < -0.3 is 9.47 Å². The van der Waals surface area contributed by atoms with E-state index in [1.165, 1.54) is 18.3 Å². The molecule has 1 amide bonds. The van der Waals surface area contributed by atoms with Crippen LogP contribution in [0, 0.1) is 36.2 Å². The Morgan fingerprint density at radius 1 is 1.05 bits per heavy atom. The van der Waals surface area contributed by atoms with Gasteiger partial charge in [-0.2, -0.15) is 0 Å². The van der Waals surface area contributed by atoms with E-state index in [0.29, 0.717) is 30.2 Å². The lowest BCUT2D eigenvalue weighted by atomic mass is 9.91. The van der Waals surface area contributed by atoms with Gasteiger partial charge in [-0.3, -0.25) is 9.78 Å². The number of pyridine rings is 1. The first-order valence-electron chi connectivity index (χ1n) is 13.2. The lowest BCUT2D eigenvalue weighted by Gasteiger charge is -2.44. The summed E-state index contributed by atoms with van der Waals surface area (Å²) in [6, 6.07) is 5.43.